The minimum absolute atomic E-state index is 0.0616. The van der Waals surface area contributed by atoms with Crippen molar-refractivity contribution in [1.29, 1.82) is 0 Å². The molecule has 2 amide bonds. The molecule has 1 aromatic carbocycles. The van der Waals surface area contributed by atoms with Gasteiger partial charge in [-0.3, -0.25) is 9.59 Å². The monoisotopic (exact) mass is 260 g/mol. The summed E-state index contributed by atoms with van der Waals surface area (Å²) in [6.45, 7) is 0. The molecule has 19 heavy (non-hydrogen) atoms. The van der Waals surface area contributed by atoms with Crippen LogP contribution in [0.5, 0.6) is 0 Å². The van der Waals surface area contributed by atoms with Gasteiger partial charge in [-0.2, -0.15) is 0 Å². The molecule has 0 spiro atoms. The lowest BCUT2D eigenvalue weighted by Gasteiger charge is -2.09. The van der Waals surface area contributed by atoms with E-state index in [2.05, 4.69) is 5.32 Å². The Labute approximate surface area is 111 Å². The summed E-state index contributed by atoms with van der Waals surface area (Å²) in [6, 6.07) is 8.61. The summed E-state index contributed by atoms with van der Waals surface area (Å²) >= 11 is 0. The van der Waals surface area contributed by atoms with Crippen molar-refractivity contribution in [3.63, 3.8) is 0 Å². The zero-order valence-electron chi connectivity index (χ0n) is 10.4. The number of primary amides is 1. The summed E-state index contributed by atoms with van der Waals surface area (Å²) in [5, 5.41) is 2.49. The summed E-state index contributed by atoms with van der Waals surface area (Å²) in [4.78, 5) is 32.9. The number of hydrogen-bond acceptors (Lipinski definition) is 3. The van der Waals surface area contributed by atoms with E-state index in [4.69, 9.17) is 5.73 Å². The summed E-state index contributed by atoms with van der Waals surface area (Å²) in [6.07, 6.45) is 3.86. The van der Waals surface area contributed by atoms with Gasteiger partial charge >= 0.3 is 0 Å². The first-order valence-electron chi connectivity index (χ1n) is 5.89. The topological polar surface area (TPSA) is 89.3 Å². The predicted octanol–water partition coefficient (Wildman–Crippen LogP) is 0.649. The fourth-order valence-electron chi connectivity index (χ4n) is 1.44. The van der Waals surface area contributed by atoms with Gasteiger partial charge in [-0.15, -0.1) is 0 Å². The van der Waals surface area contributed by atoms with E-state index in [1.54, 1.807) is 6.08 Å². The lowest BCUT2D eigenvalue weighted by atomic mass is 10.1. The Balaban J connectivity index is 2.47. The molecule has 1 unspecified atom stereocenters. The van der Waals surface area contributed by atoms with Gasteiger partial charge in [0.15, 0.2) is 0 Å². The smallest absolute Gasteiger partial charge is 0.244 e. The fraction of sp³-hybridized carbons (Fsp3) is 0.214. The van der Waals surface area contributed by atoms with Crippen molar-refractivity contribution in [3.8, 4) is 0 Å². The van der Waals surface area contributed by atoms with Crippen LogP contribution in [-0.4, -0.2) is 24.1 Å². The van der Waals surface area contributed by atoms with Crippen LogP contribution in [0.15, 0.2) is 36.4 Å². The van der Waals surface area contributed by atoms with E-state index in [1.165, 1.54) is 6.08 Å². The van der Waals surface area contributed by atoms with Crippen molar-refractivity contribution in [3.05, 3.63) is 42.0 Å². The summed E-state index contributed by atoms with van der Waals surface area (Å²) < 4.78 is 0. The summed E-state index contributed by atoms with van der Waals surface area (Å²) in [7, 11) is 0. The molecule has 0 aliphatic heterocycles. The largest absolute Gasteiger partial charge is 0.370 e. The van der Waals surface area contributed by atoms with Gasteiger partial charge in [0, 0.05) is 12.5 Å². The Bertz CT molecular complexity index is 469. The van der Waals surface area contributed by atoms with E-state index in [0.29, 0.717) is 6.29 Å². The highest BCUT2D eigenvalue weighted by Crippen LogP contribution is 2.01. The molecule has 0 fully saturated rings. The van der Waals surface area contributed by atoms with Crippen molar-refractivity contribution in [2.45, 2.75) is 18.9 Å². The summed E-state index contributed by atoms with van der Waals surface area (Å²) in [5.41, 5.74) is 5.87. The Morgan fingerprint density at radius 3 is 2.53 bits per heavy atom. The quantitative estimate of drug-likeness (QED) is 0.557. The molecular weight excluding hydrogens is 244 g/mol. The lowest BCUT2D eigenvalue weighted by Crippen LogP contribution is -2.35. The third kappa shape index (κ3) is 6.16. The van der Waals surface area contributed by atoms with Crippen molar-refractivity contribution in [1.82, 2.24) is 5.32 Å². The molecule has 0 heterocycles. The van der Waals surface area contributed by atoms with Crippen LogP contribution in [0.3, 0.4) is 0 Å². The molecule has 0 aromatic heterocycles. The van der Waals surface area contributed by atoms with Gasteiger partial charge in [-0.1, -0.05) is 30.3 Å². The van der Waals surface area contributed by atoms with E-state index in [0.717, 1.165) is 5.56 Å². The Morgan fingerprint density at radius 2 is 1.95 bits per heavy atom. The first kappa shape index (κ1) is 14.6. The number of amides is 2. The SMILES string of the molecule is NC(=O)CCC(C=O)NC(=O)/C=C/c1ccccc1. The second-order valence-corrected chi connectivity index (χ2v) is 4.00. The van der Waals surface area contributed by atoms with Crippen LogP contribution in [0.2, 0.25) is 0 Å². The van der Waals surface area contributed by atoms with Crippen molar-refractivity contribution in [2.75, 3.05) is 0 Å². The molecule has 0 saturated heterocycles. The normalized spacial score (nSPS) is 12.0. The number of carbonyl (C=O) groups excluding carboxylic acids is 3. The molecule has 5 heteroatoms. The predicted molar refractivity (Wildman–Crippen MR) is 71.9 cm³/mol. The zero-order valence-corrected chi connectivity index (χ0v) is 10.4. The molecular formula is C14H16N2O3. The Morgan fingerprint density at radius 1 is 1.26 bits per heavy atom. The van der Waals surface area contributed by atoms with Crippen molar-refractivity contribution < 1.29 is 14.4 Å². The number of aldehydes is 1. The van der Waals surface area contributed by atoms with E-state index in [-0.39, 0.29) is 18.7 Å². The molecule has 100 valence electrons. The van der Waals surface area contributed by atoms with Crippen LogP contribution in [0.1, 0.15) is 18.4 Å². The van der Waals surface area contributed by atoms with Crippen LogP contribution >= 0.6 is 0 Å². The maximum atomic E-state index is 11.6. The Kier molecular flexibility index (Phi) is 6.02. The number of hydrogen-bond donors (Lipinski definition) is 2. The molecule has 0 aliphatic carbocycles. The van der Waals surface area contributed by atoms with Gasteiger partial charge in [-0.25, -0.2) is 0 Å². The molecule has 1 rings (SSSR count). The maximum Gasteiger partial charge on any atom is 0.244 e. The second-order valence-electron chi connectivity index (χ2n) is 4.00. The van der Waals surface area contributed by atoms with Crippen LogP contribution in [0, 0.1) is 0 Å². The van der Waals surface area contributed by atoms with Crippen LogP contribution in [0.25, 0.3) is 6.08 Å². The average Bonchev–Trinajstić information content (AvgIpc) is 2.42. The minimum Gasteiger partial charge on any atom is -0.370 e. The molecule has 0 saturated carbocycles. The molecule has 5 nitrogen and oxygen atoms in total. The van der Waals surface area contributed by atoms with Gasteiger partial charge in [0.1, 0.15) is 6.29 Å². The Hall–Kier alpha value is -2.43. The molecule has 3 N–H and O–H groups in total. The molecule has 0 aliphatic rings. The van der Waals surface area contributed by atoms with Gasteiger partial charge in [0.25, 0.3) is 0 Å². The highest BCUT2D eigenvalue weighted by atomic mass is 16.2. The van der Waals surface area contributed by atoms with Crippen LogP contribution < -0.4 is 11.1 Å². The molecule has 0 bridgehead atoms. The average molecular weight is 260 g/mol. The number of benzene rings is 1. The number of nitrogens with two attached hydrogens (primary N) is 1. The standard InChI is InChI=1S/C14H16N2O3/c15-13(18)8-7-12(10-17)16-14(19)9-6-11-4-2-1-3-5-11/h1-6,9-10,12H,7-8H2,(H2,15,18)(H,16,19)/b9-6+. The van der Waals surface area contributed by atoms with E-state index >= 15 is 0 Å². The van der Waals surface area contributed by atoms with Crippen molar-refractivity contribution >= 4 is 24.2 Å². The van der Waals surface area contributed by atoms with Gasteiger partial charge in [0.05, 0.1) is 6.04 Å². The van der Waals surface area contributed by atoms with Crippen LogP contribution in [0.4, 0.5) is 0 Å². The second kappa shape index (κ2) is 7.81. The first-order chi connectivity index (χ1) is 9.11. The van der Waals surface area contributed by atoms with Gasteiger partial charge in [-0.05, 0) is 18.1 Å². The number of rotatable bonds is 7. The lowest BCUT2D eigenvalue weighted by molar-refractivity contribution is -0.121. The zero-order chi connectivity index (χ0) is 14.1. The third-order valence-electron chi connectivity index (χ3n) is 2.42. The maximum absolute atomic E-state index is 11.6. The van der Waals surface area contributed by atoms with E-state index in [9.17, 15) is 14.4 Å². The number of carbonyl (C=O) groups is 3. The highest BCUT2D eigenvalue weighted by Gasteiger charge is 2.10. The van der Waals surface area contributed by atoms with Gasteiger partial charge in [0.2, 0.25) is 11.8 Å². The third-order valence-corrected chi connectivity index (χ3v) is 2.42. The highest BCUT2D eigenvalue weighted by molar-refractivity contribution is 5.93. The van der Waals surface area contributed by atoms with Crippen LogP contribution in [-0.2, 0) is 14.4 Å². The first-order valence-corrected chi connectivity index (χ1v) is 5.89. The van der Waals surface area contributed by atoms with Gasteiger partial charge < -0.3 is 15.8 Å². The van der Waals surface area contributed by atoms with E-state index in [1.807, 2.05) is 30.3 Å². The fourth-order valence-corrected chi connectivity index (χ4v) is 1.44. The van der Waals surface area contributed by atoms with E-state index < -0.39 is 11.9 Å². The minimum atomic E-state index is -0.694. The molecule has 1 atom stereocenters. The number of nitrogens with one attached hydrogen (secondary N) is 1. The molecule has 0 radical (unpaired) electrons. The summed E-state index contributed by atoms with van der Waals surface area (Å²) in [5.74, 6) is -0.883. The molecule has 1 aromatic rings. The van der Waals surface area contributed by atoms with Crippen molar-refractivity contribution in [2.24, 2.45) is 5.73 Å².